The van der Waals surface area contributed by atoms with E-state index < -0.39 is 0 Å². The van der Waals surface area contributed by atoms with Crippen molar-refractivity contribution in [3.63, 3.8) is 0 Å². The Morgan fingerprint density at radius 3 is 2.45 bits per heavy atom. The average Bonchev–Trinajstić information content (AvgIpc) is 3.62. The van der Waals surface area contributed by atoms with Gasteiger partial charge in [0, 0.05) is 36.3 Å². The average molecular weight is 472 g/mol. The molecule has 2 fully saturated rings. The van der Waals surface area contributed by atoms with Gasteiger partial charge in [-0.2, -0.15) is 0 Å². The molecule has 2 aliphatic rings. The van der Waals surface area contributed by atoms with E-state index in [1.807, 2.05) is 55.1 Å². The van der Waals surface area contributed by atoms with Gasteiger partial charge in [-0.15, -0.1) is 12.4 Å². The zero-order valence-electron chi connectivity index (χ0n) is 19.6. The van der Waals surface area contributed by atoms with Gasteiger partial charge in [-0.3, -0.25) is 9.59 Å². The number of benzene rings is 2. The Morgan fingerprint density at radius 2 is 1.79 bits per heavy atom. The second-order valence-electron chi connectivity index (χ2n) is 9.06. The summed E-state index contributed by atoms with van der Waals surface area (Å²) in [7, 11) is 1.66. The van der Waals surface area contributed by atoms with Gasteiger partial charge in [0.2, 0.25) is 5.91 Å². The molecule has 1 heterocycles. The van der Waals surface area contributed by atoms with Gasteiger partial charge in [-0.05, 0) is 57.9 Å². The predicted octanol–water partition coefficient (Wildman–Crippen LogP) is 3.63. The zero-order valence-corrected chi connectivity index (χ0v) is 20.4. The second-order valence-corrected chi connectivity index (χ2v) is 9.06. The summed E-state index contributed by atoms with van der Waals surface area (Å²) in [4.78, 5) is 28.7. The van der Waals surface area contributed by atoms with Crippen molar-refractivity contribution in [1.82, 2.24) is 15.5 Å². The summed E-state index contributed by atoms with van der Waals surface area (Å²) >= 11 is 0. The number of para-hydroxylation sites is 1. The van der Waals surface area contributed by atoms with Crippen LogP contribution in [0.25, 0.3) is 0 Å². The molecule has 1 saturated carbocycles. The first kappa shape index (κ1) is 25.1. The van der Waals surface area contributed by atoms with Gasteiger partial charge in [0.25, 0.3) is 5.91 Å². The summed E-state index contributed by atoms with van der Waals surface area (Å²) in [5.74, 6) is 0.516. The van der Waals surface area contributed by atoms with Gasteiger partial charge >= 0.3 is 0 Å². The molecule has 2 N–H and O–H groups in total. The fraction of sp³-hybridized carbons (Fsp3) is 0.462. The van der Waals surface area contributed by atoms with Crippen LogP contribution in [0, 0.1) is 19.8 Å². The molecule has 2 amide bonds. The number of rotatable bonds is 7. The number of carbonyl (C=O) groups excluding carboxylic acids is 2. The van der Waals surface area contributed by atoms with E-state index in [0.717, 1.165) is 48.2 Å². The molecule has 2 aromatic carbocycles. The molecule has 7 heteroatoms. The standard InChI is InChI=1S/C26H33N3O3.ClH/c1-17-12-18(2)14-20(13-17)25(30)28-23-10-11-27-15-22(23)26(31)29(21-8-9-21)16-19-6-4-5-7-24(19)32-3;/h4-7,12-14,21-23,27H,8-11,15-16H2,1-3H3,(H,28,30);1H. The highest BCUT2D eigenvalue weighted by Crippen LogP contribution is 2.32. The van der Waals surface area contributed by atoms with E-state index in [0.29, 0.717) is 18.7 Å². The van der Waals surface area contributed by atoms with Crippen LogP contribution in [0.2, 0.25) is 0 Å². The largest absolute Gasteiger partial charge is 0.496 e. The first-order valence-corrected chi connectivity index (χ1v) is 11.5. The van der Waals surface area contributed by atoms with Crippen molar-refractivity contribution >= 4 is 24.2 Å². The number of carbonyl (C=O) groups is 2. The Kier molecular flexibility index (Phi) is 8.38. The molecular formula is C26H34ClN3O3. The minimum Gasteiger partial charge on any atom is -0.496 e. The second kappa shape index (κ2) is 11.0. The number of nitrogens with zero attached hydrogens (tertiary/aromatic N) is 1. The molecule has 6 nitrogen and oxygen atoms in total. The van der Waals surface area contributed by atoms with Gasteiger partial charge in [0.1, 0.15) is 5.75 Å². The third-order valence-electron chi connectivity index (χ3n) is 6.40. The molecule has 0 bridgehead atoms. The van der Waals surface area contributed by atoms with Crippen molar-refractivity contribution in [1.29, 1.82) is 0 Å². The lowest BCUT2D eigenvalue weighted by Gasteiger charge is -2.36. The summed E-state index contributed by atoms with van der Waals surface area (Å²) in [6, 6.07) is 13.8. The van der Waals surface area contributed by atoms with Crippen LogP contribution >= 0.6 is 12.4 Å². The van der Waals surface area contributed by atoms with Gasteiger partial charge < -0.3 is 20.3 Å². The first-order chi connectivity index (χ1) is 15.5. The van der Waals surface area contributed by atoms with Crippen molar-refractivity contribution in [2.45, 2.75) is 51.7 Å². The molecule has 0 radical (unpaired) electrons. The van der Waals surface area contributed by atoms with Crippen LogP contribution < -0.4 is 15.4 Å². The summed E-state index contributed by atoms with van der Waals surface area (Å²) < 4.78 is 5.51. The van der Waals surface area contributed by atoms with Crippen molar-refractivity contribution in [2.24, 2.45) is 5.92 Å². The Bertz CT molecular complexity index is 972. The van der Waals surface area contributed by atoms with Crippen molar-refractivity contribution in [3.8, 4) is 5.75 Å². The molecule has 4 rings (SSSR count). The monoisotopic (exact) mass is 471 g/mol. The Labute approximate surface area is 202 Å². The highest BCUT2D eigenvalue weighted by molar-refractivity contribution is 5.95. The van der Waals surface area contributed by atoms with Crippen LogP contribution in [0.4, 0.5) is 0 Å². The number of piperidine rings is 1. The van der Waals surface area contributed by atoms with E-state index in [1.165, 1.54) is 0 Å². The highest BCUT2D eigenvalue weighted by Gasteiger charge is 2.40. The SMILES string of the molecule is COc1ccccc1CN(C(=O)C1CNCCC1NC(=O)c1cc(C)cc(C)c1)C1CC1.Cl. The van der Waals surface area contributed by atoms with E-state index in [-0.39, 0.29) is 42.2 Å². The summed E-state index contributed by atoms with van der Waals surface area (Å²) in [5, 5.41) is 6.52. The van der Waals surface area contributed by atoms with Crippen molar-refractivity contribution in [2.75, 3.05) is 20.2 Å². The topological polar surface area (TPSA) is 70.7 Å². The summed E-state index contributed by atoms with van der Waals surface area (Å²) in [6.45, 7) is 5.88. The zero-order chi connectivity index (χ0) is 22.7. The van der Waals surface area contributed by atoms with Crippen LogP contribution in [-0.2, 0) is 11.3 Å². The molecule has 1 aliphatic heterocycles. The lowest BCUT2D eigenvalue weighted by atomic mass is 9.91. The number of halogens is 1. The normalized spacial score (nSPS) is 19.8. The van der Waals surface area contributed by atoms with Gasteiger partial charge in [-0.1, -0.05) is 35.4 Å². The maximum atomic E-state index is 13.7. The van der Waals surface area contributed by atoms with E-state index in [4.69, 9.17) is 4.74 Å². The number of ether oxygens (including phenoxy) is 1. The maximum Gasteiger partial charge on any atom is 0.251 e. The van der Waals surface area contributed by atoms with E-state index >= 15 is 0 Å². The van der Waals surface area contributed by atoms with Crippen LogP contribution in [0.5, 0.6) is 5.75 Å². The Hall–Kier alpha value is -2.57. The fourth-order valence-corrected chi connectivity index (χ4v) is 4.65. The van der Waals surface area contributed by atoms with E-state index in [1.54, 1.807) is 7.11 Å². The van der Waals surface area contributed by atoms with Gasteiger partial charge in [-0.25, -0.2) is 0 Å². The number of aryl methyl sites for hydroxylation is 2. The highest BCUT2D eigenvalue weighted by atomic mass is 35.5. The van der Waals surface area contributed by atoms with Crippen molar-refractivity contribution in [3.05, 3.63) is 64.7 Å². The third kappa shape index (κ3) is 6.06. The fourth-order valence-electron chi connectivity index (χ4n) is 4.65. The lowest BCUT2D eigenvalue weighted by molar-refractivity contribution is -0.138. The number of hydrogen-bond donors (Lipinski definition) is 2. The summed E-state index contributed by atoms with van der Waals surface area (Å²) in [5.41, 5.74) is 3.78. The number of amides is 2. The summed E-state index contributed by atoms with van der Waals surface area (Å²) in [6.07, 6.45) is 2.79. The number of methoxy groups -OCH3 is 1. The van der Waals surface area contributed by atoms with E-state index in [9.17, 15) is 9.59 Å². The molecule has 0 spiro atoms. The first-order valence-electron chi connectivity index (χ1n) is 11.5. The molecule has 178 valence electrons. The predicted molar refractivity (Wildman–Crippen MR) is 132 cm³/mol. The van der Waals surface area contributed by atoms with Crippen LogP contribution in [0.15, 0.2) is 42.5 Å². The smallest absolute Gasteiger partial charge is 0.251 e. The Balaban J connectivity index is 0.00000306. The minimum atomic E-state index is -0.283. The van der Waals surface area contributed by atoms with Crippen LogP contribution in [-0.4, -0.2) is 49.0 Å². The van der Waals surface area contributed by atoms with Gasteiger partial charge in [0.15, 0.2) is 0 Å². The number of hydrogen-bond acceptors (Lipinski definition) is 4. The molecule has 2 atom stereocenters. The maximum absolute atomic E-state index is 13.7. The third-order valence-corrected chi connectivity index (χ3v) is 6.40. The van der Waals surface area contributed by atoms with Gasteiger partial charge in [0.05, 0.1) is 13.0 Å². The van der Waals surface area contributed by atoms with Crippen LogP contribution in [0.3, 0.4) is 0 Å². The minimum absolute atomic E-state index is 0. The quantitative estimate of drug-likeness (QED) is 0.646. The lowest BCUT2D eigenvalue weighted by Crippen LogP contribution is -2.55. The van der Waals surface area contributed by atoms with Crippen molar-refractivity contribution < 1.29 is 14.3 Å². The molecule has 1 saturated heterocycles. The van der Waals surface area contributed by atoms with E-state index in [2.05, 4.69) is 16.7 Å². The molecule has 2 unspecified atom stereocenters. The molecule has 0 aromatic heterocycles. The number of nitrogens with one attached hydrogen (secondary N) is 2. The molecular weight excluding hydrogens is 438 g/mol. The molecule has 33 heavy (non-hydrogen) atoms. The Morgan fingerprint density at radius 1 is 1.09 bits per heavy atom. The van der Waals surface area contributed by atoms with Crippen LogP contribution in [0.1, 0.15) is 46.3 Å². The molecule has 1 aliphatic carbocycles. The molecule has 2 aromatic rings.